The molecule has 1 aromatic carbocycles. The van der Waals surface area contributed by atoms with E-state index in [-0.39, 0.29) is 16.9 Å². The summed E-state index contributed by atoms with van der Waals surface area (Å²) in [5.41, 5.74) is -3.36. The zero-order valence-corrected chi connectivity index (χ0v) is 21.4. The fourth-order valence-corrected chi connectivity index (χ4v) is 6.32. The van der Waals surface area contributed by atoms with Crippen LogP contribution in [-0.4, -0.2) is 79.6 Å². The molecule has 1 fully saturated rings. The van der Waals surface area contributed by atoms with Gasteiger partial charge in [-0.1, -0.05) is 39.8 Å². The number of aliphatic hydroxyl groups is 4. The molecule has 0 unspecified atom stereocenters. The third-order valence-corrected chi connectivity index (χ3v) is 8.04. The molecule has 0 radical (unpaired) electrons. The molecule has 6 atom stereocenters. The highest BCUT2D eigenvalue weighted by atomic mass is 16.4. The fraction of sp³-hybridized carbons (Fsp3) is 0.519. The number of aromatic hydroxyl groups is 1. The molecule has 0 spiro atoms. The van der Waals surface area contributed by atoms with Gasteiger partial charge in [-0.25, -0.2) is 0 Å². The van der Waals surface area contributed by atoms with Gasteiger partial charge in [0.1, 0.15) is 22.8 Å². The van der Waals surface area contributed by atoms with E-state index in [4.69, 9.17) is 0 Å². The second kappa shape index (κ2) is 7.99. The lowest BCUT2D eigenvalue weighted by Gasteiger charge is -2.53. The first-order chi connectivity index (χ1) is 16.5. The first-order valence-corrected chi connectivity index (χ1v) is 11.9. The highest BCUT2D eigenvalue weighted by Gasteiger charge is 2.68. The highest BCUT2D eigenvalue weighted by molar-refractivity contribution is 6.25. The number of nitrogens with zero attached hydrogens (tertiary/aromatic N) is 1. The standard InChI is InChI=1S/C27H33NO8/c1-10-12-8-9-13(26(3,4)5)20(30)16(12)21(31)17-14(10)22(32)18-19(28(6)7)23(33)15(11(2)29)24(34)27(18,36)25(17)35/h8-10,14,18-19,22,30-32,34,36H,1-7H3/t10-,14+,18+,19-,22-,27+/m0/s1. The number of fused-ring (bicyclic) bond motifs is 3. The van der Waals surface area contributed by atoms with E-state index in [0.717, 1.165) is 6.92 Å². The molecule has 0 heterocycles. The number of rotatable bonds is 2. The van der Waals surface area contributed by atoms with Crippen LogP contribution in [0, 0.1) is 11.8 Å². The van der Waals surface area contributed by atoms with E-state index < -0.39 is 75.4 Å². The van der Waals surface area contributed by atoms with Crippen LogP contribution in [0.5, 0.6) is 5.75 Å². The lowest BCUT2D eigenvalue weighted by Crippen LogP contribution is -2.70. The number of ketones is 3. The molecule has 4 rings (SSSR count). The summed E-state index contributed by atoms with van der Waals surface area (Å²) in [5, 5.41) is 56.8. The van der Waals surface area contributed by atoms with Gasteiger partial charge in [0.25, 0.3) is 0 Å². The summed E-state index contributed by atoms with van der Waals surface area (Å²) in [7, 11) is 3.02. The molecular formula is C27H33NO8. The van der Waals surface area contributed by atoms with Gasteiger partial charge in [-0.3, -0.25) is 19.3 Å². The second-order valence-corrected chi connectivity index (χ2v) is 11.4. The lowest BCUT2D eigenvalue weighted by molar-refractivity contribution is -0.169. The van der Waals surface area contributed by atoms with Gasteiger partial charge in [0, 0.05) is 17.1 Å². The molecule has 9 nitrogen and oxygen atoms in total. The molecule has 5 N–H and O–H groups in total. The van der Waals surface area contributed by atoms with Crippen LogP contribution in [0.1, 0.15) is 57.2 Å². The third kappa shape index (κ3) is 3.16. The van der Waals surface area contributed by atoms with Crippen molar-refractivity contribution >= 4 is 23.1 Å². The maximum absolute atomic E-state index is 14.0. The quantitative estimate of drug-likeness (QED) is 0.384. The van der Waals surface area contributed by atoms with Crippen molar-refractivity contribution in [3.63, 3.8) is 0 Å². The first kappa shape index (κ1) is 26.1. The molecule has 194 valence electrons. The van der Waals surface area contributed by atoms with Crippen LogP contribution in [0.25, 0.3) is 5.76 Å². The Morgan fingerprint density at radius 2 is 1.67 bits per heavy atom. The normalized spacial score (nSPS) is 32.4. The zero-order valence-electron chi connectivity index (χ0n) is 21.4. The number of phenols is 1. The molecule has 1 aromatic rings. The molecular weight excluding hydrogens is 466 g/mol. The van der Waals surface area contributed by atoms with Gasteiger partial charge in [-0.05, 0) is 37.9 Å². The third-order valence-electron chi connectivity index (χ3n) is 8.04. The smallest absolute Gasteiger partial charge is 0.202 e. The van der Waals surface area contributed by atoms with Gasteiger partial charge in [0.05, 0.1) is 23.6 Å². The molecule has 0 aromatic heterocycles. The van der Waals surface area contributed by atoms with E-state index in [0.29, 0.717) is 11.1 Å². The highest BCUT2D eigenvalue weighted by Crippen LogP contribution is 2.56. The van der Waals surface area contributed by atoms with Crippen molar-refractivity contribution in [3.8, 4) is 5.75 Å². The van der Waals surface area contributed by atoms with Gasteiger partial charge in [-0.15, -0.1) is 0 Å². The fourth-order valence-electron chi connectivity index (χ4n) is 6.32. The molecule has 3 aliphatic rings. The maximum atomic E-state index is 14.0. The Bertz CT molecular complexity index is 1270. The van der Waals surface area contributed by atoms with Crippen LogP contribution in [-0.2, 0) is 19.8 Å². The van der Waals surface area contributed by atoms with Gasteiger partial charge < -0.3 is 25.5 Å². The summed E-state index contributed by atoms with van der Waals surface area (Å²) >= 11 is 0. The van der Waals surface area contributed by atoms with E-state index in [2.05, 4.69) is 0 Å². The molecule has 0 aliphatic heterocycles. The number of benzene rings is 1. The predicted octanol–water partition coefficient (Wildman–Crippen LogP) is 1.90. The molecule has 36 heavy (non-hydrogen) atoms. The number of hydrogen-bond acceptors (Lipinski definition) is 9. The van der Waals surface area contributed by atoms with Gasteiger partial charge in [0.15, 0.2) is 17.2 Å². The summed E-state index contributed by atoms with van der Waals surface area (Å²) in [5.74, 6) is -7.88. The molecule has 3 aliphatic carbocycles. The van der Waals surface area contributed by atoms with E-state index in [9.17, 15) is 39.9 Å². The van der Waals surface area contributed by atoms with Crippen molar-refractivity contribution in [2.45, 2.75) is 63.7 Å². The Kier molecular flexibility index (Phi) is 5.79. The second-order valence-electron chi connectivity index (χ2n) is 11.4. The van der Waals surface area contributed by atoms with Crippen molar-refractivity contribution in [1.82, 2.24) is 4.90 Å². The molecule has 9 heteroatoms. The van der Waals surface area contributed by atoms with E-state index in [1.807, 2.05) is 20.8 Å². The van der Waals surface area contributed by atoms with Crippen molar-refractivity contribution < 1.29 is 39.9 Å². The number of hydrogen-bond donors (Lipinski definition) is 5. The Labute approximate surface area is 209 Å². The van der Waals surface area contributed by atoms with Crippen molar-refractivity contribution in [2.75, 3.05) is 14.1 Å². The largest absolute Gasteiger partial charge is 0.508 e. The average Bonchev–Trinajstić information content (AvgIpc) is 2.75. The van der Waals surface area contributed by atoms with Crippen LogP contribution in [0.15, 0.2) is 29.0 Å². The molecule has 0 amide bonds. The van der Waals surface area contributed by atoms with E-state index in [1.165, 1.54) is 19.0 Å². The van der Waals surface area contributed by atoms with E-state index >= 15 is 0 Å². The van der Waals surface area contributed by atoms with Crippen LogP contribution in [0.3, 0.4) is 0 Å². The minimum Gasteiger partial charge on any atom is -0.508 e. The van der Waals surface area contributed by atoms with Crippen LogP contribution >= 0.6 is 0 Å². The number of carbonyl (C=O) groups is 3. The Morgan fingerprint density at radius 1 is 1.08 bits per heavy atom. The number of aliphatic hydroxyl groups excluding tert-OH is 3. The first-order valence-electron chi connectivity index (χ1n) is 11.9. The Balaban J connectivity index is 2.07. The Hall–Kier alpha value is -3.01. The summed E-state index contributed by atoms with van der Waals surface area (Å²) in [6, 6.07) is 2.17. The monoisotopic (exact) mass is 499 g/mol. The van der Waals surface area contributed by atoms with Crippen molar-refractivity contribution in [1.29, 1.82) is 0 Å². The number of likely N-dealkylation sites (N-methyl/N-ethyl adjacent to an activating group) is 1. The average molecular weight is 500 g/mol. The zero-order chi connectivity index (χ0) is 27.2. The van der Waals surface area contributed by atoms with Crippen LogP contribution < -0.4 is 0 Å². The van der Waals surface area contributed by atoms with Gasteiger partial charge in [0.2, 0.25) is 5.78 Å². The van der Waals surface area contributed by atoms with Gasteiger partial charge >= 0.3 is 0 Å². The molecule has 0 bridgehead atoms. The van der Waals surface area contributed by atoms with Crippen LogP contribution in [0.4, 0.5) is 0 Å². The topological polar surface area (TPSA) is 156 Å². The number of carbonyl (C=O) groups excluding carboxylic acids is 3. The van der Waals surface area contributed by atoms with Crippen LogP contribution in [0.2, 0.25) is 0 Å². The Morgan fingerprint density at radius 3 is 2.17 bits per heavy atom. The predicted molar refractivity (Wildman–Crippen MR) is 131 cm³/mol. The minimum atomic E-state index is -2.84. The SMILES string of the molecule is CC(=O)C1=C(O)[C@@]2(O)C(=O)C3=C(O)c4c(ccc(C(C)(C)C)c4O)[C@H](C)[C@H]3[C@H](O)[C@H]2[C@H](N(C)C)C1=O. The minimum absolute atomic E-state index is 0.0232. The summed E-state index contributed by atoms with van der Waals surface area (Å²) in [6.07, 6.45) is -1.57. The summed E-state index contributed by atoms with van der Waals surface area (Å²) < 4.78 is 0. The molecule has 1 saturated carbocycles. The number of Topliss-reactive ketones (excluding diaryl/α,β-unsaturated/α-hetero) is 3. The van der Waals surface area contributed by atoms with Gasteiger partial charge in [-0.2, -0.15) is 0 Å². The number of phenolic OH excluding ortho intramolecular Hbond substituents is 1. The maximum Gasteiger partial charge on any atom is 0.202 e. The van der Waals surface area contributed by atoms with Crippen molar-refractivity contribution in [2.24, 2.45) is 11.8 Å². The summed E-state index contributed by atoms with van der Waals surface area (Å²) in [4.78, 5) is 40.9. The van der Waals surface area contributed by atoms with E-state index in [1.54, 1.807) is 19.1 Å². The molecule has 0 saturated heterocycles. The summed E-state index contributed by atoms with van der Waals surface area (Å²) in [6.45, 7) is 8.39. The van der Waals surface area contributed by atoms with Crippen molar-refractivity contribution in [3.05, 3.63) is 45.7 Å². The lowest BCUT2D eigenvalue weighted by atomic mass is 9.54.